The lowest BCUT2D eigenvalue weighted by Crippen LogP contribution is -1.90. The standard InChI is InChI=1S/C7H6F2OS/c1-3-2-4(10)7(11)6(9)5(3)8/h2,10-11H,1H3. The molecule has 0 aliphatic carbocycles. The van der Waals surface area contributed by atoms with Crippen LogP contribution in [-0.2, 0) is 0 Å². The van der Waals surface area contributed by atoms with Crippen LogP contribution in [0, 0.1) is 18.6 Å². The second kappa shape index (κ2) is 2.70. The summed E-state index contributed by atoms with van der Waals surface area (Å²) in [6.45, 7) is 1.37. The first-order valence-corrected chi connectivity index (χ1v) is 3.35. The molecule has 0 aliphatic rings. The first-order chi connectivity index (χ1) is 5.04. The highest BCUT2D eigenvalue weighted by molar-refractivity contribution is 7.80. The Bertz CT molecular complexity index is 273. The van der Waals surface area contributed by atoms with E-state index in [0.29, 0.717) is 0 Å². The molecule has 0 unspecified atom stereocenters. The minimum atomic E-state index is -1.11. The highest BCUT2D eigenvalue weighted by Gasteiger charge is 2.12. The first-order valence-electron chi connectivity index (χ1n) is 2.90. The normalized spacial score (nSPS) is 10.2. The van der Waals surface area contributed by atoms with Gasteiger partial charge in [-0.25, -0.2) is 8.78 Å². The van der Waals surface area contributed by atoms with Crippen LogP contribution in [0.4, 0.5) is 8.78 Å². The Balaban J connectivity index is 3.46. The molecule has 0 saturated heterocycles. The third kappa shape index (κ3) is 1.30. The van der Waals surface area contributed by atoms with E-state index in [0.717, 1.165) is 6.07 Å². The van der Waals surface area contributed by atoms with Crippen LogP contribution in [0.15, 0.2) is 11.0 Å². The summed E-state index contributed by atoms with van der Waals surface area (Å²) in [5.74, 6) is -2.41. The summed E-state index contributed by atoms with van der Waals surface area (Å²) < 4.78 is 25.3. The Hall–Kier alpha value is -0.770. The Morgan fingerprint density at radius 1 is 1.36 bits per heavy atom. The highest BCUT2D eigenvalue weighted by atomic mass is 32.1. The van der Waals surface area contributed by atoms with Crippen LogP contribution in [0.1, 0.15) is 5.56 Å². The van der Waals surface area contributed by atoms with Crippen molar-refractivity contribution in [3.63, 3.8) is 0 Å². The van der Waals surface area contributed by atoms with Gasteiger partial charge in [0.1, 0.15) is 5.75 Å². The maximum Gasteiger partial charge on any atom is 0.176 e. The molecule has 0 bridgehead atoms. The summed E-state index contributed by atoms with van der Waals surface area (Å²) in [6.07, 6.45) is 0. The molecule has 1 rings (SSSR count). The van der Waals surface area contributed by atoms with Crippen molar-refractivity contribution in [2.24, 2.45) is 0 Å². The number of thiol groups is 1. The van der Waals surface area contributed by atoms with E-state index < -0.39 is 11.6 Å². The second-order valence-corrected chi connectivity index (χ2v) is 2.64. The topological polar surface area (TPSA) is 20.2 Å². The summed E-state index contributed by atoms with van der Waals surface area (Å²) in [5.41, 5.74) is 0.0674. The third-order valence-corrected chi connectivity index (χ3v) is 1.77. The number of hydrogen-bond acceptors (Lipinski definition) is 2. The number of phenolic OH excluding ortho intramolecular Hbond substituents is 1. The van der Waals surface area contributed by atoms with Crippen LogP contribution >= 0.6 is 12.6 Å². The van der Waals surface area contributed by atoms with Gasteiger partial charge in [0, 0.05) is 0 Å². The van der Waals surface area contributed by atoms with Gasteiger partial charge in [0.2, 0.25) is 0 Å². The van der Waals surface area contributed by atoms with Crippen LogP contribution in [-0.4, -0.2) is 5.11 Å². The number of benzene rings is 1. The van der Waals surface area contributed by atoms with E-state index in [9.17, 15) is 8.78 Å². The van der Waals surface area contributed by atoms with Gasteiger partial charge in [-0.3, -0.25) is 0 Å². The summed E-state index contributed by atoms with van der Waals surface area (Å²) in [7, 11) is 0. The minimum Gasteiger partial charge on any atom is -0.507 e. The number of rotatable bonds is 0. The van der Waals surface area contributed by atoms with Crippen LogP contribution < -0.4 is 0 Å². The molecule has 0 heterocycles. The molecule has 4 heteroatoms. The molecule has 1 aromatic rings. The average molecular weight is 176 g/mol. The van der Waals surface area contributed by atoms with Gasteiger partial charge in [0.05, 0.1) is 4.90 Å². The van der Waals surface area contributed by atoms with E-state index in [1.54, 1.807) is 0 Å². The number of halogens is 2. The lowest BCUT2D eigenvalue weighted by atomic mass is 10.2. The zero-order valence-electron chi connectivity index (χ0n) is 5.73. The zero-order valence-corrected chi connectivity index (χ0v) is 6.62. The van der Waals surface area contributed by atoms with E-state index in [1.165, 1.54) is 6.92 Å². The number of aromatic hydroxyl groups is 1. The van der Waals surface area contributed by atoms with Crippen molar-refractivity contribution in [2.75, 3.05) is 0 Å². The molecule has 0 saturated carbocycles. The molecular weight excluding hydrogens is 170 g/mol. The number of phenols is 1. The van der Waals surface area contributed by atoms with Crippen molar-refractivity contribution >= 4 is 12.6 Å². The van der Waals surface area contributed by atoms with Gasteiger partial charge >= 0.3 is 0 Å². The van der Waals surface area contributed by atoms with Gasteiger partial charge in [0.25, 0.3) is 0 Å². The van der Waals surface area contributed by atoms with Crippen LogP contribution in [0.5, 0.6) is 5.75 Å². The monoisotopic (exact) mass is 176 g/mol. The Morgan fingerprint density at radius 2 is 1.91 bits per heavy atom. The highest BCUT2D eigenvalue weighted by Crippen LogP contribution is 2.28. The van der Waals surface area contributed by atoms with Crippen molar-refractivity contribution in [3.8, 4) is 5.75 Å². The average Bonchev–Trinajstić information content (AvgIpc) is 1.97. The van der Waals surface area contributed by atoms with Gasteiger partial charge in [-0.15, -0.1) is 12.6 Å². The summed E-state index contributed by atoms with van der Waals surface area (Å²) in [4.78, 5) is -0.354. The second-order valence-electron chi connectivity index (χ2n) is 2.19. The smallest absolute Gasteiger partial charge is 0.176 e. The maximum atomic E-state index is 12.6. The molecule has 0 fully saturated rings. The molecule has 0 spiro atoms. The molecule has 60 valence electrons. The van der Waals surface area contributed by atoms with Gasteiger partial charge in [-0.05, 0) is 18.6 Å². The molecular formula is C7H6F2OS. The van der Waals surface area contributed by atoms with E-state index >= 15 is 0 Å². The Morgan fingerprint density at radius 3 is 2.45 bits per heavy atom. The third-order valence-electron chi connectivity index (χ3n) is 1.34. The van der Waals surface area contributed by atoms with Gasteiger partial charge in [-0.1, -0.05) is 0 Å². The van der Waals surface area contributed by atoms with Crippen molar-refractivity contribution < 1.29 is 13.9 Å². The van der Waals surface area contributed by atoms with Crippen LogP contribution in [0.2, 0.25) is 0 Å². The molecule has 1 N–H and O–H groups in total. The summed E-state index contributed by atoms with van der Waals surface area (Å²) in [6, 6.07) is 1.13. The van der Waals surface area contributed by atoms with Crippen LogP contribution in [0.25, 0.3) is 0 Å². The number of hydrogen-bond donors (Lipinski definition) is 2. The number of aryl methyl sites for hydroxylation is 1. The van der Waals surface area contributed by atoms with Crippen LogP contribution in [0.3, 0.4) is 0 Å². The Kier molecular flexibility index (Phi) is 2.04. The lowest BCUT2D eigenvalue weighted by Gasteiger charge is -2.02. The molecule has 0 atom stereocenters. The quantitative estimate of drug-likeness (QED) is 0.581. The van der Waals surface area contributed by atoms with Crippen molar-refractivity contribution in [2.45, 2.75) is 11.8 Å². The predicted molar refractivity (Wildman–Crippen MR) is 40.0 cm³/mol. The maximum absolute atomic E-state index is 12.6. The van der Waals surface area contributed by atoms with Gasteiger partial charge < -0.3 is 5.11 Å². The lowest BCUT2D eigenvalue weighted by molar-refractivity contribution is 0.428. The van der Waals surface area contributed by atoms with Gasteiger partial charge in [0.15, 0.2) is 11.6 Å². The first kappa shape index (κ1) is 8.33. The molecule has 1 aromatic carbocycles. The minimum absolute atomic E-state index is 0.0674. The molecule has 0 radical (unpaired) electrons. The van der Waals surface area contributed by atoms with E-state index in [1.807, 2.05) is 0 Å². The predicted octanol–water partition coefficient (Wildman–Crippen LogP) is 2.27. The molecule has 1 nitrogen and oxygen atoms in total. The van der Waals surface area contributed by atoms with E-state index in [4.69, 9.17) is 5.11 Å². The fourth-order valence-corrected chi connectivity index (χ4v) is 0.889. The molecule has 0 amide bonds. The van der Waals surface area contributed by atoms with Gasteiger partial charge in [-0.2, -0.15) is 0 Å². The fraction of sp³-hybridized carbons (Fsp3) is 0.143. The SMILES string of the molecule is Cc1cc(O)c(S)c(F)c1F. The molecule has 0 aromatic heterocycles. The van der Waals surface area contributed by atoms with Crippen molar-refractivity contribution in [1.29, 1.82) is 0 Å². The fourth-order valence-electron chi connectivity index (χ4n) is 0.726. The summed E-state index contributed by atoms with van der Waals surface area (Å²) in [5, 5.41) is 8.92. The van der Waals surface area contributed by atoms with Crippen molar-refractivity contribution in [3.05, 3.63) is 23.3 Å². The Labute approximate surface area is 68.1 Å². The zero-order chi connectivity index (χ0) is 8.59. The van der Waals surface area contributed by atoms with Crippen molar-refractivity contribution in [1.82, 2.24) is 0 Å². The molecule has 11 heavy (non-hydrogen) atoms. The van der Waals surface area contributed by atoms with E-state index in [2.05, 4.69) is 12.6 Å². The molecule has 0 aliphatic heterocycles. The van der Waals surface area contributed by atoms with E-state index in [-0.39, 0.29) is 16.2 Å². The summed E-state index contributed by atoms with van der Waals surface area (Å²) >= 11 is 3.56. The largest absolute Gasteiger partial charge is 0.507 e.